The zero-order valence-electron chi connectivity index (χ0n) is 27.7. The summed E-state index contributed by atoms with van der Waals surface area (Å²) >= 11 is 0. The fraction of sp³-hybridized carbons (Fsp3) is 0.636. The minimum absolute atomic E-state index is 0.0856. The van der Waals surface area contributed by atoms with Crippen LogP contribution in [0.3, 0.4) is 0 Å². The summed E-state index contributed by atoms with van der Waals surface area (Å²) < 4.78 is 11.3. The van der Waals surface area contributed by atoms with E-state index in [1.165, 1.54) is 16.7 Å². The van der Waals surface area contributed by atoms with Crippen molar-refractivity contribution in [2.75, 3.05) is 19.8 Å². The molecule has 2 atom stereocenters. The number of carbonyl (C=O) groups excluding carboxylic acids is 3. The number of aliphatic hydroxyl groups is 1. The van der Waals surface area contributed by atoms with E-state index in [2.05, 4.69) is 54.6 Å². The average Bonchev–Trinajstić information content (AvgIpc) is 3.31. The molecule has 2 N–H and O–H groups in total. The van der Waals surface area contributed by atoms with Crippen LogP contribution < -0.4 is 5.32 Å². The van der Waals surface area contributed by atoms with E-state index in [1.54, 1.807) is 6.92 Å². The molecule has 2 rings (SSSR count). The van der Waals surface area contributed by atoms with Crippen molar-refractivity contribution in [1.29, 1.82) is 0 Å². The van der Waals surface area contributed by atoms with Gasteiger partial charge in [0, 0.05) is 5.69 Å². The number of carbonyl (C=O) groups is 3. The molecule has 0 saturated carbocycles. The van der Waals surface area contributed by atoms with Gasteiger partial charge >= 0.3 is 18.0 Å². The molecule has 2 unspecified atom stereocenters. The zero-order chi connectivity index (χ0) is 32.5. The van der Waals surface area contributed by atoms with Gasteiger partial charge in [-0.2, -0.15) is 9.78 Å². The number of amides is 1. The molecule has 0 saturated heterocycles. The molecule has 0 aliphatic heterocycles. The monoisotopic (exact) mass is 589 g/mol. The van der Waals surface area contributed by atoms with Gasteiger partial charge in [0.2, 0.25) is 0 Å². The van der Waals surface area contributed by atoms with Gasteiger partial charge in [-0.25, -0.2) is 4.79 Å². The quantitative estimate of drug-likeness (QED) is 0.224. The number of rotatable bonds is 11. The van der Waals surface area contributed by atoms with Crippen LogP contribution >= 0.6 is 0 Å². The number of aromatic nitrogens is 2. The minimum Gasteiger partial charge on any atom is -0.463 e. The fourth-order valence-electron chi connectivity index (χ4n) is 3.10. The molecular weight excluding hydrogens is 534 g/mol. The van der Waals surface area contributed by atoms with Crippen LogP contribution in [0.5, 0.6) is 0 Å². The summed E-state index contributed by atoms with van der Waals surface area (Å²) in [6.07, 6.45) is 2.10. The molecule has 0 fully saturated rings. The standard InChI is InChI=1S/C14H23N3O3.C10H14.C9H18O3/c1-6-14(4,5)12(18)20-8-7-15-13(19)17-11(3)9-10(2)16-17;1-3-9(2)10-7-5-4-6-8-10;1-5-9(3,4)8(11)12-6-7(2)10/h9H,6-8H2,1-5H3,(H,15,19);4-9H,3H2,1-2H3;7,10H,5-6H2,1-4H3. The van der Waals surface area contributed by atoms with Crippen LogP contribution in [0.1, 0.15) is 104 Å². The van der Waals surface area contributed by atoms with Crippen molar-refractivity contribution < 1.29 is 29.0 Å². The van der Waals surface area contributed by atoms with Crippen LogP contribution in [0.15, 0.2) is 36.4 Å². The maximum absolute atomic E-state index is 11.8. The molecule has 0 bridgehead atoms. The van der Waals surface area contributed by atoms with E-state index in [0.717, 1.165) is 17.8 Å². The van der Waals surface area contributed by atoms with Crippen LogP contribution in [0.25, 0.3) is 0 Å². The first-order valence-electron chi connectivity index (χ1n) is 14.9. The van der Waals surface area contributed by atoms with E-state index in [1.807, 2.05) is 61.5 Å². The normalized spacial score (nSPS) is 12.5. The number of nitrogens with one attached hydrogen (secondary N) is 1. The van der Waals surface area contributed by atoms with Crippen molar-refractivity contribution in [3.05, 3.63) is 53.3 Å². The number of aliphatic hydroxyl groups excluding tert-OH is 1. The third-order valence-electron chi connectivity index (χ3n) is 7.12. The summed E-state index contributed by atoms with van der Waals surface area (Å²) in [7, 11) is 0. The summed E-state index contributed by atoms with van der Waals surface area (Å²) in [5.74, 6) is 0.215. The van der Waals surface area contributed by atoms with Crippen LogP contribution in [-0.4, -0.2) is 58.7 Å². The smallest absolute Gasteiger partial charge is 0.342 e. The summed E-state index contributed by atoms with van der Waals surface area (Å²) in [5, 5.41) is 15.6. The maximum Gasteiger partial charge on any atom is 0.342 e. The average molecular weight is 590 g/mol. The Hall–Kier alpha value is -3.20. The van der Waals surface area contributed by atoms with E-state index in [-0.39, 0.29) is 37.7 Å². The Balaban J connectivity index is 0.000000651. The molecule has 1 amide bonds. The summed E-state index contributed by atoms with van der Waals surface area (Å²) in [4.78, 5) is 34.8. The fourth-order valence-corrected chi connectivity index (χ4v) is 3.10. The summed E-state index contributed by atoms with van der Waals surface area (Å²) in [6, 6.07) is 12.1. The molecular formula is C33H55N3O6. The highest BCUT2D eigenvalue weighted by Gasteiger charge is 2.27. The number of hydrogen-bond donors (Lipinski definition) is 2. The van der Waals surface area contributed by atoms with Crippen molar-refractivity contribution in [2.45, 2.75) is 107 Å². The largest absolute Gasteiger partial charge is 0.463 e. The Morgan fingerprint density at radius 1 is 0.929 bits per heavy atom. The molecule has 9 heteroatoms. The van der Waals surface area contributed by atoms with Gasteiger partial charge in [-0.05, 0) is 85.3 Å². The van der Waals surface area contributed by atoms with Crippen LogP contribution in [-0.2, 0) is 19.1 Å². The third kappa shape index (κ3) is 14.6. The first kappa shape index (κ1) is 38.8. The van der Waals surface area contributed by atoms with Crippen LogP contribution in [0.4, 0.5) is 4.79 Å². The maximum atomic E-state index is 11.8. The highest BCUT2D eigenvalue weighted by Crippen LogP contribution is 2.22. The zero-order valence-corrected chi connectivity index (χ0v) is 27.7. The van der Waals surface area contributed by atoms with Gasteiger partial charge in [-0.3, -0.25) is 9.59 Å². The molecule has 238 valence electrons. The third-order valence-corrected chi connectivity index (χ3v) is 7.12. The number of hydrogen-bond acceptors (Lipinski definition) is 7. The van der Waals surface area contributed by atoms with Gasteiger partial charge in [0.05, 0.1) is 29.2 Å². The van der Waals surface area contributed by atoms with Gasteiger partial charge in [-0.1, -0.05) is 58.0 Å². The number of aryl methyl sites for hydroxylation is 2. The van der Waals surface area contributed by atoms with Crippen molar-refractivity contribution in [3.63, 3.8) is 0 Å². The van der Waals surface area contributed by atoms with Crippen molar-refractivity contribution in [2.24, 2.45) is 10.8 Å². The molecule has 1 aromatic carbocycles. The van der Waals surface area contributed by atoms with E-state index in [0.29, 0.717) is 12.3 Å². The van der Waals surface area contributed by atoms with Crippen LogP contribution in [0, 0.1) is 24.7 Å². The first-order chi connectivity index (χ1) is 19.5. The lowest BCUT2D eigenvalue weighted by molar-refractivity contribution is -0.156. The predicted octanol–water partition coefficient (Wildman–Crippen LogP) is 6.58. The van der Waals surface area contributed by atoms with E-state index in [4.69, 9.17) is 14.6 Å². The van der Waals surface area contributed by atoms with Crippen molar-refractivity contribution >= 4 is 18.0 Å². The van der Waals surface area contributed by atoms with Gasteiger partial charge in [0.25, 0.3) is 0 Å². The van der Waals surface area contributed by atoms with Gasteiger partial charge in [0.15, 0.2) is 0 Å². The lowest BCUT2D eigenvalue weighted by Gasteiger charge is -2.20. The van der Waals surface area contributed by atoms with E-state index < -0.39 is 16.9 Å². The molecule has 9 nitrogen and oxygen atoms in total. The first-order valence-corrected chi connectivity index (χ1v) is 14.9. The molecule has 2 aromatic rings. The highest BCUT2D eigenvalue weighted by molar-refractivity contribution is 5.77. The topological polar surface area (TPSA) is 120 Å². The molecule has 0 spiro atoms. The summed E-state index contributed by atoms with van der Waals surface area (Å²) in [5.41, 5.74) is 2.08. The Morgan fingerprint density at radius 3 is 1.88 bits per heavy atom. The second kappa shape index (κ2) is 19.1. The Kier molecular flexibility index (Phi) is 17.6. The van der Waals surface area contributed by atoms with E-state index in [9.17, 15) is 14.4 Å². The second-order valence-corrected chi connectivity index (χ2v) is 11.8. The lowest BCUT2D eigenvalue weighted by Crippen LogP contribution is -2.34. The number of nitrogens with zero attached hydrogens (tertiary/aromatic N) is 2. The Labute approximate surface area is 253 Å². The number of ether oxygens (including phenoxy) is 2. The van der Waals surface area contributed by atoms with Gasteiger partial charge in [-0.15, -0.1) is 0 Å². The van der Waals surface area contributed by atoms with E-state index >= 15 is 0 Å². The minimum atomic E-state index is -0.582. The predicted molar refractivity (Wildman–Crippen MR) is 167 cm³/mol. The molecule has 42 heavy (non-hydrogen) atoms. The number of esters is 2. The lowest BCUT2D eigenvalue weighted by atomic mass is 9.91. The second-order valence-electron chi connectivity index (χ2n) is 11.8. The molecule has 1 aromatic heterocycles. The SMILES string of the molecule is CCC(C)(C)C(=O)OCC(C)O.CCC(C)(C)C(=O)OCCNC(=O)n1nc(C)cc1C.CCC(C)c1ccccc1. The highest BCUT2D eigenvalue weighted by atomic mass is 16.5. The van der Waals surface area contributed by atoms with Crippen LogP contribution in [0.2, 0.25) is 0 Å². The van der Waals surface area contributed by atoms with Crippen molar-refractivity contribution in [1.82, 2.24) is 15.1 Å². The number of benzene rings is 1. The Morgan fingerprint density at radius 2 is 1.45 bits per heavy atom. The molecule has 1 heterocycles. The molecule has 0 aliphatic carbocycles. The molecule has 0 radical (unpaired) electrons. The van der Waals surface area contributed by atoms with Crippen molar-refractivity contribution in [3.8, 4) is 0 Å². The Bertz CT molecular complexity index is 1080. The van der Waals surface area contributed by atoms with Gasteiger partial charge < -0.3 is 19.9 Å². The molecule has 0 aliphatic rings. The van der Waals surface area contributed by atoms with Gasteiger partial charge in [0.1, 0.15) is 13.2 Å². The summed E-state index contributed by atoms with van der Waals surface area (Å²) in [6.45, 7) is 21.4.